The number of benzene rings is 1. The molecule has 1 N–H and O–H groups in total. The molecule has 1 aromatic carbocycles. The van der Waals surface area contributed by atoms with Crippen LogP contribution in [0, 0.1) is 5.82 Å². The predicted octanol–water partition coefficient (Wildman–Crippen LogP) is 2.98. The summed E-state index contributed by atoms with van der Waals surface area (Å²) in [6, 6.07) is 5.82. The molecule has 3 rings (SSSR count). The Balaban J connectivity index is 1.63. The summed E-state index contributed by atoms with van der Waals surface area (Å²) in [7, 11) is 0. The molecule has 0 radical (unpaired) electrons. The summed E-state index contributed by atoms with van der Waals surface area (Å²) in [6.07, 6.45) is -6.32. The van der Waals surface area contributed by atoms with Crippen molar-refractivity contribution < 1.29 is 37.0 Å². The molecule has 0 aliphatic carbocycles. The van der Waals surface area contributed by atoms with Crippen LogP contribution in [0.2, 0.25) is 0 Å². The molecular formula is C20H22F4N4O4. The number of piperazine rings is 1. The Morgan fingerprint density at radius 1 is 1.19 bits per heavy atom. The molecule has 0 bridgehead atoms. The van der Waals surface area contributed by atoms with E-state index in [0.717, 1.165) is 12.5 Å². The third-order valence-corrected chi connectivity index (χ3v) is 5.05. The molecule has 1 aliphatic heterocycles. The van der Waals surface area contributed by atoms with Crippen LogP contribution in [0.4, 0.5) is 22.4 Å². The highest BCUT2D eigenvalue weighted by molar-refractivity contribution is 5.68. The van der Waals surface area contributed by atoms with Gasteiger partial charge in [0.25, 0.3) is 0 Å². The Kier molecular flexibility index (Phi) is 7.02. The Hall–Kier alpha value is -3.15. The van der Waals surface area contributed by atoms with Crippen LogP contribution in [0.1, 0.15) is 12.5 Å². The van der Waals surface area contributed by atoms with Gasteiger partial charge in [0.2, 0.25) is 0 Å². The number of ether oxygens (including phenoxy) is 1. The maximum absolute atomic E-state index is 13.9. The second-order valence-corrected chi connectivity index (χ2v) is 7.42. The van der Waals surface area contributed by atoms with Gasteiger partial charge in [-0.25, -0.2) is 9.18 Å². The number of amides is 1. The van der Waals surface area contributed by atoms with Gasteiger partial charge in [-0.05, 0) is 30.7 Å². The van der Waals surface area contributed by atoms with E-state index in [0.29, 0.717) is 30.9 Å². The molecule has 0 spiro atoms. The van der Waals surface area contributed by atoms with Crippen LogP contribution in [0.25, 0.3) is 11.3 Å². The van der Waals surface area contributed by atoms with Crippen molar-refractivity contribution >= 4 is 12.1 Å². The number of carboxylic acids is 1. The lowest BCUT2D eigenvalue weighted by Crippen LogP contribution is -2.49. The number of aliphatic carboxylic acids is 1. The average molecular weight is 458 g/mol. The molecule has 1 aliphatic rings. The zero-order valence-electron chi connectivity index (χ0n) is 17.2. The van der Waals surface area contributed by atoms with Crippen LogP contribution < -0.4 is 0 Å². The summed E-state index contributed by atoms with van der Waals surface area (Å²) >= 11 is 0. The number of halogens is 4. The Morgan fingerprint density at radius 2 is 1.88 bits per heavy atom. The van der Waals surface area contributed by atoms with Gasteiger partial charge in [0, 0.05) is 44.5 Å². The third-order valence-electron chi connectivity index (χ3n) is 5.05. The van der Waals surface area contributed by atoms with E-state index in [1.165, 1.54) is 27.9 Å². The monoisotopic (exact) mass is 458 g/mol. The largest absolute Gasteiger partial charge is 0.480 e. The second-order valence-electron chi connectivity index (χ2n) is 7.42. The van der Waals surface area contributed by atoms with Crippen LogP contribution in [-0.2, 0) is 22.6 Å². The molecule has 1 fully saturated rings. The molecule has 174 valence electrons. The van der Waals surface area contributed by atoms with Crippen molar-refractivity contribution in [2.45, 2.75) is 32.3 Å². The van der Waals surface area contributed by atoms with Gasteiger partial charge in [-0.2, -0.15) is 18.3 Å². The summed E-state index contributed by atoms with van der Waals surface area (Å²) in [6.45, 7) is 2.00. The lowest BCUT2D eigenvalue weighted by molar-refractivity contribution is -0.200. The van der Waals surface area contributed by atoms with Crippen molar-refractivity contribution in [3.63, 3.8) is 0 Å². The maximum atomic E-state index is 13.9. The molecular weight excluding hydrogens is 436 g/mol. The van der Waals surface area contributed by atoms with E-state index < -0.39 is 30.2 Å². The first kappa shape index (κ1) is 23.5. The van der Waals surface area contributed by atoms with Gasteiger partial charge in [0.05, 0.1) is 5.69 Å². The lowest BCUT2D eigenvalue weighted by Gasteiger charge is -2.35. The average Bonchev–Trinajstić information content (AvgIpc) is 3.16. The van der Waals surface area contributed by atoms with Gasteiger partial charge < -0.3 is 14.7 Å². The quantitative estimate of drug-likeness (QED) is 0.670. The van der Waals surface area contributed by atoms with Crippen LogP contribution in [0.15, 0.2) is 30.5 Å². The number of carbonyl (C=O) groups is 2. The number of rotatable bonds is 6. The Bertz CT molecular complexity index is 971. The van der Waals surface area contributed by atoms with E-state index in [1.54, 1.807) is 12.1 Å². The summed E-state index contributed by atoms with van der Waals surface area (Å²) in [5, 5.41) is 13.1. The first-order chi connectivity index (χ1) is 15.0. The van der Waals surface area contributed by atoms with Crippen molar-refractivity contribution in [3.05, 3.63) is 41.8 Å². The molecule has 1 amide bonds. The van der Waals surface area contributed by atoms with Crippen LogP contribution in [-0.4, -0.2) is 75.2 Å². The van der Waals surface area contributed by atoms with E-state index in [1.807, 2.05) is 4.90 Å². The number of carbonyl (C=O) groups excluding carboxylic acids is 1. The fraction of sp³-hybridized carbons (Fsp3) is 0.450. The summed E-state index contributed by atoms with van der Waals surface area (Å²) in [4.78, 5) is 26.0. The highest BCUT2D eigenvalue weighted by atomic mass is 19.4. The van der Waals surface area contributed by atoms with E-state index in [2.05, 4.69) is 9.84 Å². The highest BCUT2D eigenvalue weighted by Gasteiger charge is 2.40. The van der Waals surface area contributed by atoms with E-state index in [4.69, 9.17) is 5.11 Å². The van der Waals surface area contributed by atoms with E-state index in [-0.39, 0.29) is 19.6 Å². The molecule has 12 heteroatoms. The van der Waals surface area contributed by atoms with Crippen LogP contribution in [0.3, 0.4) is 0 Å². The van der Waals surface area contributed by atoms with Crippen molar-refractivity contribution in [2.24, 2.45) is 0 Å². The molecule has 32 heavy (non-hydrogen) atoms. The zero-order chi connectivity index (χ0) is 23.5. The van der Waals surface area contributed by atoms with Crippen LogP contribution >= 0.6 is 0 Å². The molecule has 8 nitrogen and oxygen atoms in total. The number of carboxylic acid groups (broad SMARTS) is 1. The number of aromatic nitrogens is 2. The zero-order valence-corrected chi connectivity index (χ0v) is 17.2. The fourth-order valence-electron chi connectivity index (χ4n) is 3.28. The minimum atomic E-state index is -4.62. The second kappa shape index (κ2) is 9.55. The highest BCUT2D eigenvalue weighted by Crippen LogP contribution is 2.26. The van der Waals surface area contributed by atoms with E-state index >= 15 is 0 Å². The smallest absolute Gasteiger partial charge is 0.425 e. The molecule has 1 unspecified atom stereocenters. The fourth-order valence-corrected chi connectivity index (χ4v) is 3.28. The number of hydrogen-bond donors (Lipinski definition) is 1. The summed E-state index contributed by atoms with van der Waals surface area (Å²) in [5.74, 6) is -1.52. The first-order valence-corrected chi connectivity index (χ1v) is 9.81. The molecule has 1 aromatic heterocycles. The van der Waals surface area contributed by atoms with E-state index in [9.17, 15) is 27.2 Å². The number of nitrogens with zero attached hydrogens (tertiary/aromatic N) is 4. The molecule has 2 aromatic rings. The lowest BCUT2D eigenvalue weighted by atomic mass is 10.0. The van der Waals surface area contributed by atoms with Gasteiger partial charge in [0.1, 0.15) is 12.4 Å². The molecule has 2 heterocycles. The van der Waals surface area contributed by atoms with Gasteiger partial charge in [0.15, 0.2) is 6.10 Å². The van der Waals surface area contributed by atoms with Crippen molar-refractivity contribution in [1.29, 1.82) is 0 Å². The number of hydrogen-bond acceptors (Lipinski definition) is 5. The number of alkyl halides is 3. The van der Waals surface area contributed by atoms with Gasteiger partial charge >= 0.3 is 18.2 Å². The minimum absolute atomic E-state index is 0.188. The predicted molar refractivity (Wildman–Crippen MR) is 104 cm³/mol. The summed E-state index contributed by atoms with van der Waals surface area (Å²) < 4.78 is 57.3. The third kappa shape index (κ3) is 5.96. The van der Waals surface area contributed by atoms with Crippen LogP contribution in [0.5, 0.6) is 0 Å². The van der Waals surface area contributed by atoms with Crippen molar-refractivity contribution in [1.82, 2.24) is 19.6 Å². The molecule has 1 atom stereocenters. The summed E-state index contributed by atoms with van der Waals surface area (Å²) in [5.41, 5.74) is 1.67. The van der Waals surface area contributed by atoms with Gasteiger partial charge in [-0.15, -0.1) is 0 Å². The molecule has 1 saturated heterocycles. The van der Waals surface area contributed by atoms with Crippen molar-refractivity contribution in [2.75, 3.05) is 26.2 Å². The van der Waals surface area contributed by atoms with Crippen molar-refractivity contribution in [3.8, 4) is 11.3 Å². The van der Waals surface area contributed by atoms with Gasteiger partial charge in [-0.1, -0.05) is 6.07 Å². The molecule has 0 saturated carbocycles. The Morgan fingerprint density at radius 3 is 2.50 bits per heavy atom. The standard InChI is InChI=1S/C20H22F4N4O4/c1-13(20(22,23)24)32-19(31)27-8-6-26(7-9-27)11-14-2-3-15(21)10-16(14)17-4-5-28(25-17)12-18(29)30/h2-5,10,13H,6-9,11-12H2,1H3,(H,29,30). The van der Waals surface area contributed by atoms with Gasteiger partial charge in [-0.3, -0.25) is 14.4 Å². The normalized spacial score (nSPS) is 16.1. The Labute approximate surface area is 181 Å². The minimum Gasteiger partial charge on any atom is -0.480 e. The maximum Gasteiger partial charge on any atom is 0.425 e. The SMILES string of the molecule is CC(OC(=O)N1CCN(Cc2ccc(F)cc2-c2ccn(CC(=O)O)n2)CC1)C(F)(F)F. The topological polar surface area (TPSA) is 87.9 Å². The first-order valence-electron chi connectivity index (χ1n) is 9.81.